The molecule has 0 aromatic heterocycles. The SMILES string of the molecule is C.C.CCNC. The third kappa shape index (κ3) is 37.6. The lowest BCUT2D eigenvalue weighted by molar-refractivity contribution is 0.864. The van der Waals surface area contributed by atoms with Crippen molar-refractivity contribution in [3.05, 3.63) is 0 Å². The van der Waals surface area contributed by atoms with Crippen LogP contribution in [-0.4, -0.2) is 13.6 Å². The maximum Gasteiger partial charge on any atom is -0.00804 e. The van der Waals surface area contributed by atoms with E-state index in [-0.39, 0.29) is 14.9 Å². The summed E-state index contributed by atoms with van der Waals surface area (Å²) in [5.41, 5.74) is 0. The molecule has 0 bridgehead atoms. The zero-order chi connectivity index (χ0) is 3.41. The Kier molecular flexibility index (Phi) is 56.5. The van der Waals surface area contributed by atoms with Crippen molar-refractivity contribution in [2.75, 3.05) is 13.6 Å². The Hall–Kier alpha value is -0.0400. The van der Waals surface area contributed by atoms with Gasteiger partial charge < -0.3 is 5.32 Å². The smallest absolute Gasteiger partial charge is 0.00804 e. The molecule has 0 saturated heterocycles. The minimum atomic E-state index is 0. The van der Waals surface area contributed by atoms with E-state index in [2.05, 4.69) is 12.2 Å². The van der Waals surface area contributed by atoms with Crippen LogP contribution in [0.4, 0.5) is 0 Å². The standard InChI is InChI=1S/C3H9N.2CH4/c1-3-4-2;;/h4H,3H2,1-2H3;2*1H4. The van der Waals surface area contributed by atoms with E-state index in [4.69, 9.17) is 0 Å². The highest BCUT2D eigenvalue weighted by molar-refractivity contribution is 4.15. The van der Waals surface area contributed by atoms with Gasteiger partial charge in [0.15, 0.2) is 0 Å². The van der Waals surface area contributed by atoms with Gasteiger partial charge in [0.1, 0.15) is 0 Å². The number of rotatable bonds is 1. The molecular weight excluding hydrogens is 74.1 g/mol. The summed E-state index contributed by atoms with van der Waals surface area (Å²) >= 11 is 0. The first-order valence-electron chi connectivity index (χ1n) is 1.56. The van der Waals surface area contributed by atoms with Crippen molar-refractivity contribution in [2.45, 2.75) is 21.8 Å². The lowest BCUT2D eigenvalue weighted by atomic mass is 10.8. The van der Waals surface area contributed by atoms with Crippen LogP contribution < -0.4 is 5.32 Å². The lowest BCUT2D eigenvalue weighted by Crippen LogP contribution is -2.01. The zero-order valence-electron chi connectivity index (χ0n) is 3.21. The third-order valence-corrected chi connectivity index (χ3v) is 0.354. The zero-order valence-corrected chi connectivity index (χ0v) is 3.21. The van der Waals surface area contributed by atoms with Crippen LogP contribution in [0.3, 0.4) is 0 Å². The van der Waals surface area contributed by atoms with Crippen LogP contribution in [0.1, 0.15) is 21.8 Å². The van der Waals surface area contributed by atoms with E-state index in [1.165, 1.54) is 0 Å². The van der Waals surface area contributed by atoms with E-state index >= 15 is 0 Å². The summed E-state index contributed by atoms with van der Waals surface area (Å²) in [6.45, 7) is 3.14. The first kappa shape index (κ1) is 16.7. The van der Waals surface area contributed by atoms with Crippen molar-refractivity contribution in [3.63, 3.8) is 0 Å². The largest absolute Gasteiger partial charge is 0.320 e. The van der Waals surface area contributed by atoms with Gasteiger partial charge in [-0.1, -0.05) is 21.8 Å². The molecule has 0 aromatic carbocycles. The molecule has 0 radical (unpaired) electrons. The van der Waals surface area contributed by atoms with Gasteiger partial charge in [-0.2, -0.15) is 0 Å². The van der Waals surface area contributed by atoms with Crippen molar-refractivity contribution in [2.24, 2.45) is 0 Å². The monoisotopic (exact) mass is 91.1 g/mol. The minimum absolute atomic E-state index is 0. The predicted octanol–water partition coefficient (Wildman–Crippen LogP) is 1.50. The second-order valence-electron chi connectivity index (χ2n) is 0.707. The Labute approximate surface area is 41.8 Å². The summed E-state index contributed by atoms with van der Waals surface area (Å²) < 4.78 is 0. The average molecular weight is 91.2 g/mol. The number of hydrogen-bond acceptors (Lipinski definition) is 1. The molecule has 1 N–H and O–H groups in total. The van der Waals surface area contributed by atoms with Crippen molar-refractivity contribution in [1.82, 2.24) is 5.32 Å². The molecule has 1 nitrogen and oxygen atoms in total. The highest BCUT2D eigenvalue weighted by atomic mass is 14.8. The van der Waals surface area contributed by atoms with E-state index in [1.807, 2.05) is 7.05 Å². The number of nitrogens with one attached hydrogen (secondary N) is 1. The van der Waals surface area contributed by atoms with Gasteiger partial charge in [0.25, 0.3) is 0 Å². The minimum Gasteiger partial charge on any atom is -0.320 e. The summed E-state index contributed by atoms with van der Waals surface area (Å²) in [6.07, 6.45) is 0. The molecule has 0 fully saturated rings. The van der Waals surface area contributed by atoms with Crippen LogP contribution in [0.15, 0.2) is 0 Å². The van der Waals surface area contributed by atoms with E-state index in [1.54, 1.807) is 0 Å². The number of hydrogen-bond donors (Lipinski definition) is 1. The molecule has 42 valence electrons. The topological polar surface area (TPSA) is 12.0 Å². The van der Waals surface area contributed by atoms with E-state index in [0.29, 0.717) is 0 Å². The Bertz CT molecular complexity index is 5.90. The Morgan fingerprint density at radius 1 is 1.33 bits per heavy atom. The summed E-state index contributed by atoms with van der Waals surface area (Å²) in [5, 5.41) is 2.93. The molecule has 0 unspecified atom stereocenters. The van der Waals surface area contributed by atoms with Gasteiger partial charge in [0.2, 0.25) is 0 Å². The third-order valence-electron chi connectivity index (χ3n) is 0.354. The second kappa shape index (κ2) is 20.2. The van der Waals surface area contributed by atoms with E-state index < -0.39 is 0 Å². The second-order valence-corrected chi connectivity index (χ2v) is 0.707. The van der Waals surface area contributed by atoms with Gasteiger partial charge in [0.05, 0.1) is 0 Å². The van der Waals surface area contributed by atoms with Crippen molar-refractivity contribution in [1.29, 1.82) is 0 Å². The van der Waals surface area contributed by atoms with Gasteiger partial charge in [-0.15, -0.1) is 0 Å². The first-order chi connectivity index (χ1) is 1.91. The predicted molar refractivity (Wildman–Crippen MR) is 33.1 cm³/mol. The van der Waals surface area contributed by atoms with Gasteiger partial charge >= 0.3 is 0 Å². The molecule has 0 aliphatic carbocycles. The van der Waals surface area contributed by atoms with Gasteiger partial charge in [0, 0.05) is 0 Å². The summed E-state index contributed by atoms with van der Waals surface area (Å²) in [6, 6.07) is 0. The Morgan fingerprint density at radius 3 is 1.50 bits per heavy atom. The molecule has 1 heteroatoms. The van der Waals surface area contributed by atoms with Gasteiger partial charge in [-0.3, -0.25) is 0 Å². The van der Waals surface area contributed by atoms with Gasteiger partial charge in [-0.05, 0) is 13.6 Å². The fourth-order valence-electron chi connectivity index (χ4n) is 0. The van der Waals surface area contributed by atoms with Crippen molar-refractivity contribution >= 4 is 0 Å². The van der Waals surface area contributed by atoms with Crippen molar-refractivity contribution < 1.29 is 0 Å². The van der Waals surface area contributed by atoms with Crippen LogP contribution in [0.5, 0.6) is 0 Å². The van der Waals surface area contributed by atoms with E-state index in [0.717, 1.165) is 6.54 Å². The molecule has 0 spiro atoms. The quantitative estimate of drug-likeness (QED) is 0.515. The molecule has 0 aliphatic rings. The first-order valence-corrected chi connectivity index (χ1v) is 1.56. The maximum atomic E-state index is 2.93. The van der Waals surface area contributed by atoms with Crippen LogP contribution in [0.25, 0.3) is 0 Å². The highest BCUT2D eigenvalue weighted by Crippen LogP contribution is 1.34. The summed E-state index contributed by atoms with van der Waals surface area (Å²) in [5.74, 6) is 0. The van der Waals surface area contributed by atoms with Crippen LogP contribution in [0.2, 0.25) is 0 Å². The van der Waals surface area contributed by atoms with E-state index in [9.17, 15) is 0 Å². The fraction of sp³-hybridized carbons (Fsp3) is 1.00. The molecule has 0 rings (SSSR count). The maximum absolute atomic E-state index is 2.93. The fourth-order valence-corrected chi connectivity index (χ4v) is 0. The molecule has 0 amide bonds. The Morgan fingerprint density at radius 2 is 1.50 bits per heavy atom. The van der Waals surface area contributed by atoms with Gasteiger partial charge in [-0.25, -0.2) is 0 Å². The normalized spacial score (nSPS) is 5.00. The molecule has 0 saturated carbocycles. The molecule has 6 heavy (non-hydrogen) atoms. The van der Waals surface area contributed by atoms with Crippen molar-refractivity contribution in [3.8, 4) is 0 Å². The Balaban J connectivity index is -0.0000000450. The molecule has 0 aromatic rings. The highest BCUT2D eigenvalue weighted by Gasteiger charge is 1.50. The molecule has 0 atom stereocenters. The molecule has 0 aliphatic heterocycles. The molecule has 0 heterocycles. The molecular formula is C5H17N. The van der Waals surface area contributed by atoms with Crippen LogP contribution in [-0.2, 0) is 0 Å². The summed E-state index contributed by atoms with van der Waals surface area (Å²) in [4.78, 5) is 0. The van der Waals surface area contributed by atoms with Crippen LogP contribution in [0, 0.1) is 0 Å². The summed E-state index contributed by atoms with van der Waals surface area (Å²) in [7, 11) is 1.93. The average Bonchev–Trinajstić information content (AvgIpc) is 1.37. The lowest BCUT2D eigenvalue weighted by Gasteiger charge is -1.76. The van der Waals surface area contributed by atoms with Crippen LogP contribution >= 0.6 is 0 Å².